The first kappa shape index (κ1) is 17.4. The topological polar surface area (TPSA) is 50.1 Å². The second-order valence-electron chi connectivity index (χ2n) is 6.87. The van der Waals surface area contributed by atoms with Crippen LogP contribution in [0.1, 0.15) is 11.3 Å². The summed E-state index contributed by atoms with van der Waals surface area (Å²) in [5.74, 6) is 1.01. The molecule has 1 amide bonds. The highest BCUT2D eigenvalue weighted by atomic mass is 16.5. The van der Waals surface area contributed by atoms with Gasteiger partial charge in [-0.2, -0.15) is 0 Å². The number of rotatable bonds is 4. The molecule has 6 nitrogen and oxygen atoms in total. The summed E-state index contributed by atoms with van der Waals surface area (Å²) in [4.78, 5) is 21.6. The minimum atomic E-state index is 0.135. The van der Waals surface area contributed by atoms with E-state index in [1.54, 1.807) is 7.11 Å². The lowest BCUT2D eigenvalue weighted by Gasteiger charge is -2.36. The number of carbonyl (C=O) groups excluding carboxylic acids is 1. The van der Waals surface area contributed by atoms with E-state index in [1.807, 2.05) is 58.9 Å². The number of para-hydroxylation sites is 2. The number of piperazine rings is 1. The molecule has 27 heavy (non-hydrogen) atoms. The van der Waals surface area contributed by atoms with Gasteiger partial charge < -0.3 is 18.9 Å². The number of fused-ring (bicyclic) bond motifs is 1. The minimum Gasteiger partial charge on any atom is -0.495 e. The van der Waals surface area contributed by atoms with Crippen LogP contribution >= 0.6 is 0 Å². The number of methoxy groups -OCH3 is 1. The number of imidazole rings is 1. The maximum absolute atomic E-state index is 12.7. The number of amides is 1. The highest BCUT2D eigenvalue weighted by molar-refractivity contribution is 5.79. The number of hydrogen-bond acceptors (Lipinski definition) is 4. The summed E-state index contributed by atoms with van der Waals surface area (Å²) in [7, 11) is 1.69. The number of nitrogens with zero attached hydrogens (tertiary/aromatic N) is 4. The predicted molar refractivity (Wildman–Crippen MR) is 105 cm³/mol. The van der Waals surface area contributed by atoms with E-state index in [0.717, 1.165) is 41.4 Å². The summed E-state index contributed by atoms with van der Waals surface area (Å²) >= 11 is 0. The fourth-order valence-electron chi connectivity index (χ4n) is 3.64. The summed E-state index contributed by atoms with van der Waals surface area (Å²) in [5, 5.41) is 0. The molecule has 3 heterocycles. The fraction of sp³-hybridized carbons (Fsp3) is 0.333. The van der Waals surface area contributed by atoms with Gasteiger partial charge in [0.25, 0.3) is 0 Å². The molecule has 0 N–H and O–H groups in total. The van der Waals surface area contributed by atoms with Crippen molar-refractivity contribution in [1.29, 1.82) is 0 Å². The summed E-state index contributed by atoms with van der Waals surface area (Å²) < 4.78 is 7.44. The average Bonchev–Trinajstić information content (AvgIpc) is 3.12. The lowest BCUT2D eigenvalue weighted by atomic mass is 10.2. The van der Waals surface area contributed by atoms with Gasteiger partial charge in [0.15, 0.2) is 0 Å². The Kier molecular flexibility index (Phi) is 4.71. The molecule has 0 unspecified atom stereocenters. The van der Waals surface area contributed by atoms with Crippen molar-refractivity contribution in [2.45, 2.75) is 13.3 Å². The van der Waals surface area contributed by atoms with Crippen LogP contribution in [0, 0.1) is 6.92 Å². The Morgan fingerprint density at radius 2 is 1.89 bits per heavy atom. The van der Waals surface area contributed by atoms with Crippen molar-refractivity contribution in [2.75, 3.05) is 38.2 Å². The van der Waals surface area contributed by atoms with E-state index in [4.69, 9.17) is 4.74 Å². The third-order valence-corrected chi connectivity index (χ3v) is 5.12. The van der Waals surface area contributed by atoms with E-state index in [9.17, 15) is 4.79 Å². The number of hydrogen-bond donors (Lipinski definition) is 0. The van der Waals surface area contributed by atoms with E-state index >= 15 is 0 Å². The van der Waals surface area contributed by atoms with Gasteiger partial charge in [-0.05, 0) is 30.7 Å². The Bertz CT molecular complexity index is 958. The fourth-order valence-corrected chi connectivity index (χ4v) is 3.64. The molecular weight excluding hydrogens is 340 g/mol. The van der Waals surface area contributed by atoms with Crippen LogP contribution in [0.25, 0.3) is 5.65 Å². The van der Waals surface area contributed by atoms with Gasteiger partial charge >= 0.3 is 0 Å². The van der Waals surface area contributed by atoms with Gasteiger partial charge in [0.1, 0.15) is 11.4 Å². The SMILES string of the molecule is COc1ccccc1N1CCN(C(=O)Cc2cn3cccc(C)c3n2)CC1. The molecule has 3 aromatic rings. The lowest BCUT2D eigenvalue weighted by Crippen LogP contribution is -2.49. The second-order valence-corrected chi connectivity index (χ2v) is 6.87. The molecule has 1 fully saturated rings. The zero-order chi connectivity index (χ0) is 18.8. The molecule has 0 spiro atoms. The molecule has 1 saturated heterocycles. The molecule has 1 aliphatic rings. The highest BCUT2D eigenvalue weighted by Crippen LogP contribution is 2.28. The first-order valence-electron chi connectivity index (χ1n) is 9.24. The van der Waals surface area contributed by atoms with Crippen molar-refractivity contribution in [1.82, 2.24) is 14.3 Å². The summed E-state index contributed by atoms with van der Waals surface area (Å²) in [6, 6.07) is 12.0. The summed E-state index contributed by atoms with van der Waals surface area (Å²) in [6.45, 7) is 5.06. The number of aromatic nitrogens is 2. The number of ether oxygens (including phenoxy) is 1. The lowest BCUT2D eigenvalue weighted by molar-refractivity contribution is -0.130. The van der Waals surface area contributed by atoms with Crippen LogP contribution in [0.4, 0.5) is 5.69 Å². The molecule has 0 atom stereocenters. The zero-order valence-electron chi connectivity index (χ0n) is 15.8. The van der Waals surface area contributed by atoms with Crippen molar-refractivity contribution in [3.05, 3.63) is 60.0 Å². The molecule has 1 aliphatic heterocycles. The smallest absolute Gasteiger partial charge is 0.228 e. The van der Waals surface area contributed by atoms with Gasteiger partial charge in [0.05, 0.1) is 24.9 Å². The van der Waals surface area contributed by atoms with Gasteiger partial charge in [0, 0.05) is 38.6 Å². The highest BCUT2D eigenvalue weighted by Gasteiger charge is 2.23. The standard InChI is InChI=1S/C21H24N4O2/c1-16-6-5-9-25-15-17(22-21(16)25)14-20(26)24-12-10-23(11-13-24)18-7-3-4-8-19(18)27-2/h3-9,15H,10-14H2,1-2H3. The van der Waals surface area contributed by atoms with Gasteiger partial charge in [-0.25, -0.2) is 4.98 Å². The molecule has 0 saturated carbocycles. The summed E-state index contributed by atoms with van der Waals surface area (Å²) in [6.07, 6.45) is 4.26. The first-order valence-corrected chi connectivity index (χ1v) is 9.24. The van der Waals surface area contributed by atoms with Crippen LogP contribution < -0.4 is 9.64 Å². The Labute approximate surface area is 159 Å². The largest absolute Gasteiger partial charge is 0.495 e. The molecule has 0 aliphatic carbocycles. The molecule has 140 valence electrons. The Balaban J connectivity index is 1.40. The van der Waals surface area contributed by atoms with E-state index in [1.165, 1.54) is 0 Å². The Morgan fingerprint density at radius 1 is 1.11 bits per heavy atom. The van der Waals surface area contributed by atoms with Gasteiger partial charge in [-0.3, -0.25) is 4.79 Å². The van der Waals surface area contributed by atoms with E-state index in [2.05, 4.69) is 16.0 Å². The van der Waals surface area contributed by atoms with Crippen LogP contribution in [-0.2, 0) is 11.2 Å². The maximum atomic E-state index is 12.7. The van der Waals surface area contributed by atoms with E-state index in [0.29, 0.717) is 19.5 Å². The monoisotopic (exact) mass is 364 g/mol. The van der Waals surface area contributed by atoms with Crippen LogP contribution in [0.3, 0.4) is 0 Å². The van der Waals surface area contributed by atoms with Crippen molar-refractivity contribution in [3.63, 3.8) is 0 Å². The van der Waals surface area contributed by atoms with Crippen molar-refractivity contribution < 1.29 is 9.53 Å². The molecule has 6 heteroatoms. The van der Waals surface area contributed by atoms with Gasteiger partial charge in [-0.1, -0.05) is 18.2 Å². The first-order chi connectivity index (χ1) is 13.2. The minimum absolute atomic E-state index is 0.135. The second kappa shape index (κ2) is 7.31. The molecule has 1 aromatic carbocycles. The Hall–Kier alpha value is -3.02. The van der Waals surface area contributed by atoms with Crippen LogP contribution in [0.15, 0.2) is 48.8 Å². The van der Waals surface area contributed by atoms with Crippen LogP contribution in [0.5, 0.6) is 5.75 Å². The van der Waals surface area contributed by atoms with Crippen LogP contribution in [-0.4, -0.2) is 53.5 Å². The molecule has 4 rings (SSSR count). The molecule has 0 bridgehead atoms. The number of aryl methyl sites for hydroxylation is 1. The van der Waals surface area contributed by atoms with Crippen molar-refractivity contribution in [3.8, 4) is 5.75 Å². The average molecular weight is 364 g/mol. The van der Waals surface area contributed by atoms with E-state index < -0.39 is 0 Å². The quantitative estimate of drug-likeness (QED) is 0.714. The van der Waals surface area contributed by atoms with Gasteiger partial charge in [-0.15, -0.1) is 0 Å². The summed E-state index contributed by atoms with van der Waals surface area (Å²) in [5.41, 5.74) is 3.94. The van der Waals surface area contributed by atoms with Crippen molar-refractivity contribution >= 4 is 17.2 Å². The third-order valence-electron chi connectivity index (χ3n) is 5.12. The molecule has 0 radical (unpaired) electrons. The normalized spacial score (nSPS) is 14.6. The van der Waals surface area contributed by atoms with Gasteiger partial charge in [0.2, 0.25) is 5.91 Å². The zero-order valence-corrected chi connectivity index (χ0v) is 15.8. The number of benzene rings is 1. The molecular formula is C21H24N4O2. The Morgan fingerprint density at radius 3 is 2.63 bits per heavy atom. The molecule has 2 aromatic heterocycles. The van der Waals surface area contributed by atoms with Crippen LogP contribution in [0.2, 0.25) is 0 Å². The number of carbonyl (C=O) groups is 1. The van der Waals surface area contributed by atoms with E-state index in [-0.39, 0.29) is 5.91 Å². The van der Waals surface area contributed by atoms with Crippen molar-refractivity contribution in [2.24, 2.45) is 0 Å². The predicted octanol–water partition coefficient (Wildman–Crippen LogP) is 2.54. The third kappa shape index (κ3) is 3.47. The maximum Gasteiger partial charge on any atom is 0.228 e. The number of pyridine rings is 1. The number of anilines is 1.